The van der Waals surface area contributed by atoms with E-state index in [4.69, 9.17) is 34.8 Å². The van der Waals surface area contributed by atoms with Crippen molar-refractivity contribution in [3.05, 3.63) is 70.4 Å². The van der Waals surface area contributed by atoms with E-state index in [0.29, 0.717) is 39.4 Å². The third-order valence-electron chi connectivity index (χ3n) is 4.75. The Bertz CT molecular complexity index is 1190. The fourth-order valence-electron chi connectivity index (χ4n) is 3.28. The fraction of sp³-hybridized carbons (Fsp3) is 0.190. The number of pyridine rings is 1. The van der Waals surface area contributed by atoms with Crippen LogP contribution in [0.25, 0.3) is 11.0 Å². The lowest BCUT2D eigenvalue weighted by molar-refractivity contribution is 0.102. The van der Waals surface area contributed by atoms with Gasteiger partial charge in [0.15, 0.2) is 0 Å². The lowest BCUT2D eigenvalue weighted by Gasteiger charge is -2.24. The molecule has 0 saturated heterocycles. The average molecular weight is 479 g/mol. The number of nitrogens with one attached hydrogen (secondary N) is 2. The lowest BCUT2D eigenvalue weighted by atomic mass is 10.1. The molecule has 4 rings (SSSR count). The number of carbonyl (C=O) groups is 1. The largest absolute Gasteiger partial charge is 0.395 e. The van der Waals surface area contributed by atoms with Gasteiger partial charge in [-0.25, -0.2) is 9.97 Å². The number of allylic oxidation sites excluding steroid dienone is 2. The van der Waals surface area contributed by atoms with Gasteiger partial charge in [-0.3, -0.25) is 4.79 Å². The number of alkyl halides is 1. The van der Waals surface area contributed by atoms with E-state index < -0.39 is 0 Å². The zero-order valence-electron chi connectivity index (χ0n) is 16.1. The molecule has 2 aromatic heterocycles. The molecule has 0 radical (unpaired) electrons. The Morgan fingerprint density at radius 3 is 2.81 bits per heavy atom. The van der Waals surface area contributed by atoms with E-state index in [9.17, 15) is 9.90 Å². The summed E-state index contributed by atoms with van der Waals surface area (Å²) in [7, 11) is 0. The fourth-order valence-corrected chi connectivity index (χ4v) is 4.05. The number of aliphatic hydroxyl groups excluding tert-OH is 1. The predicted octanol–water partition coefficient (Wildman–Crippen LogP) is 4.41. The number of imidazole rings is 1. The number of amides is 1. The minimum atomic E-state index is -0.362. The van der Waals surface area contributed by atoms with Crippen molar-refractivity contribution in [2.24, 2.45) is 0 Å². The number of anilines is 2. The molecular weight excluding hydrogens is 461 g/mol. The first-order valence-corrected chi connectivity index (χ1v) is 10.6. The van der Waals surface area contributed by atoms with E-state index in [0.717, 1.165) is 5.52 Å². The number of hydrogen-bond acceptors (Lipinski definition) is 5. The van der Waals surface area contributed by atoms with E-state index in [1.54, 1.807) is 42.5 Å². The van der Waals surface area contributed by atoms with Crippen molar-refractivity contribution >= 4 is 63.5 Å². The van der Waals surface area contributed by atoms with E-state index in [-0.39, 0.29) is 23.9 Å². The van der Waals surface area contributed by atoms with Crippen molar-refractivity contribution in [3.63, 3.8) is 0 Å². The van der Waals surface area contributed by atoms with Gasteiger partial charge in [-0.1, -0.05) is 35.4 Å². The van der Waals surface area contributed by atoms with E-state index in [1.807, 2.05) is 10.6 Å². The summed E-state index contributed by atoms with van der Waals surface area (Å²) >= 11 is 18.6. The van der Waals surface area contributed by atoms with Gasteiger partial charge >= 0.3 is 0 Å². The van der Waals surface area contributed by atoms with Crippen LogP contribution in [0.3, 0.4) is 0 Å². The number of rotatable bonds is 6. The van der Waals surface area contributed by atoms with Crippen LogP contribution in [0.1, 0.15) is 10.4 Å². The number of hydrogen-bond donors (Lipinski definition) is 3. The molecule has 0 aliphatic heterocycles. The van der Waals surface area contributed by atoms with Crippen LogP contribution in [-0.4, -0.2) is 43.6 Å². The third kappa shape index (κ3) is 4.70. The summed E-state index contributed by atoms with van der Waals surface area (Å²) in [5, 5.41) is 16.2. The Kier molecular flexibility index (Phi) is 6.48. The summed E-state index contributed by atoms with van der Waals surface area (Å²) in [5.41, 5.74) is 1.75. The summed E-state index contributed by atoms with van der Waals surface area (Å²) in [6, 6.07) is 7.96. The Labute approximate surface area is 193 Å². The van der Waals surface area contributed by atoms with E-state index in [2.05, 4.69) is 20.6 Å². The van der Waals surface area contributed by atoms with Crippen LogP contribution in [-0.2, 0) is 6.54 Å². The van der Waals surface area contributed by atoms with Gasteiger partial charge in [0.1, 0.15) is 5.82 Å². The smallest absolute Gasteiger partial charge is 0.256 e. The highest BCUT2D eigenvalue weighted by molar-refractivity contribution is 6.32. The molecule has 0 bridgehead atoms. The average Bonchev–Trinajstić information content (AvgIpc) is 3.07. The molecule has 7 nitrogen and oxygen atoms in total. The first-order chi connectivity index (χ1) is 15.0. The Hall–Kier alpha value is -2.58. The molecule has 0 fully saturated rings. The summed E-state index contributed by atoms with van der Waals surface area (Å²) in [4.78, 5) is 21.3. The molecule has 3 N–H and O–H groups in total. The lowest BCUT2D eigenvalue weighted by Crippen LogP contribution is -2.32. The summed E-state index contributed by atoms with van der Waals surface area (Å²) in [5.74, 6) is 0.508. The first-order valence-electron chi connectivity index (χ1n) is 9.45. The molecule has 0 saturated carbocycles. The summed E-state index contributed by atoms with van der Waals surface area (Å²) in [6.07, 6.45) is 6.91. The SMILES string of the molecule is O=C(Nc1cc(Cl)ccn1)c1ccc2c(c1)nc(NC1C(Cl)=CC=CC1Cl)n2CCO. The van der Waals surface area contributed by atoms with Crippen LogP contribution in [0.15, 0.2) is 59.8 Å². The van der Waals surface area contributed by atoms with Crippen molar-refractivity contribution in [3.8, 4) is 0 Å². The molecule has 2 unspecified atom stereocenters. The number of benzene rings is 1. The number of aliphatic hydroxyl groups is 1. The maximum Gasteiger partial charge on any atom is 0.256 e. The minimum Gasteiger partial charge on any atom is -0.395 e. The second-order valence-corrected chi connectivity index (χ2v) is 8.21. The summed E-state index contributed by atoms with van der Waals surface area (Å²) < 4.78 is 1.82. The minimum absolute atomic E-state index is 0.0821. The zero-order valence-corrected chi connectivity index (χ0v) is 18.4. The molecule has 1 aromatic carbocycles. The molecule has 0 spiro atoms. The van der Waals surface area contributed by atoms with Crippen LogP contribution in [0.2, 0.25) is 5.02 Å². The Morgan fingerprint density at radius 1 is 1.23 bits per heavy atom. The van der Waals surface area contributed by atoms with Crippen LogP contribution in [0.4, 0.5) is 11.8 Å². The highest BCUT2D eigenvalue weighted by atomic mass is 35.5. The Balaban J connectivity index is 1.64. The van der Waals surface area contributed by atoms with Crippen molar-refractivity contribution in [2.75, 3.05) is 17.2 Å². The molecule has 10 heteroatoms. The second kappa shape index (κ2) is 9.28. The molecular formula is C21H18Cl3N5O2. The standard InChI is InChI=1S/C21H18Cl3N5O2/c22-13-6-7-25-18(11-13)27-20(31)12-4-5-17-16(10-12)26-21(29(17)8-9-30)28-19-14(23)2-1-3-15(19)24/h1-7,10-11,14,19,30H,8-9H2,(H,26,28)(H,25,27,31). The zero-order chi connectivity index (χ0) is 22.0. The van der Waals surface area contributed by atoms with Gasteiger partial charge in [0, 0.05) is 28.4 Å². The highest BCUT2D eigenvalue weighted by Crippen LogP contribution is 2.28. The van der Waals surface area contributed by atoms with E-state index >= 15 is 0 Å². The predicted molar refractivity (Wildman–Crippen MR) is 124 cm³/mol. The van der Waals surface area contributed by atoms with Crippen LogP contribution in [0, 0.1) is 0 Å². The van der Waals surface area contributed by atoms with E-state index in [1.165, 1.54) is 6.20 Å². The van der Waals surface area contributed by atoms with Gasteiger partial charge in [0.25, 0.3) is 5.91 Å². The Morgan fingerprint density at radius 2 is 2.06 bits per heavy atom. The van der Waals surface area contributed by atoms with Gasteiger partial charge < -0.3 is 20.3 Å². The normalized spacial score (nSPS) is 18.1. The molecule has 3 aromatic rings. The number of carbonyl (C=O) groups excluding carboxylic acids is 1. The molecule has 1 aliphatic carbocycles. The van der Waals surface area contributed by atoms with Gasteiger partial charge in [0.2, 0.25) is 5.95 Å². The highest BCUT2D eigenvalue weighted by Gasteiger charge is 2.25. The molecule has 160 valence electrons. The second-order valence-electron chi connectivity index (χ2n) is 6.83. The van der Waals surface area contributed by atoms with Crippen LogP contribution < -0.4 is 10.6 Å². The molecule has 1 aliphatic rings. The monoisotopic (exact) mass is 477 g/mol. The van der Waals surface area contributed by atoms with Gasteiger partial charge in [0.05, 0.1) is 29.1 Å². The molecule has 1 amide bonds. The molecule has 2 atom stereocenters. The van der Waals surface area contributed by atoms with Crippen molar-refractivity contribution in [1.82, 2.24) is 14.5 Å². The van der Waals surface area contributed by atoms with Gasteiger partial charge in [-0.2, -0.15) is 0 Å². The van der Waals surface area contributed by atoms with Gasteiger partial charge in [-0.05, 0) is 36.4 Å². The maximum absolute atomic E-state index is 12.7. The third-order valence-corrected chi connectivity index (χ3v) is 5.74. The van der Waals surface area contributed by atoms with Crippen molar-refractivity contribution in [1.29, 1.82) is 0 Å². The number of nitrogens with zero attached hydrogens (tertiary/aromatic N) is 3. The maximum atomic E-state index is 12.7. The topological polar surface area (TPSA) is 92.1 Å². The quantitative estimate of drug-likeness (QED) is 0.457. The van der Waals surface area contributed by atoms with Gasteiger partial charge in [-0.15, -0.1) is 11.6 Å². The number of halogens is 3. The molecule has 2 heterocycles. The van der Waals surface area contributed by atoms with Crippen LogP contribution >= 0.6 is 34.8 Å². The van der Waals surface area contributed by atoms with Crippen molar-refractivity contribution < 1.29 is 9.90 Å². The summed E-state index contributed by atoms with van der Waals surface area (Å²) in [6.45, 7) is 0.231. The number of aromatic nitrogens is 3. The first kappa shape index (κ1) is 21.6. The van der Waals surface area contributed by atoms with Crippen LogP contribution in [0.5, 0.6) is 0 Å². The number of fused-ring (bicyclic) bond motifs is 1. The molecule has 31 heavy (non-hydrogen) atoms. The van der Waals surface area contributed by atoms with Crippen molar-refractivity contribution in [2.45, 2.75) is 18.0 Å².